The summed E-state index contributed by atoms with van der Waals surface area (Å²) >= 11 is 3.25. The average Bonchev–Trinajstić information content (AvgIpc) is 2.32. The molecule has 0 saturated heterocycles. The quantitative estimate of drug-likeness (QED) is 0.942. The molecule has 5 nitrogen and oxygen atoms in total. The molecule has 0 saturated carbocycles. The van der Waals surface area contributed by atoms with Crippen LogP contribution in [0.5, 0.6) is 11.6 Å². The van der Waals surface area contributed by atoms with Crippen molar-refractivity contribution in [3.8, 4) is 11.6 Å². The topological polar surface area (TPSA) is 72.3 Å². The number of carboxylic acids is 1. The molecule has 2 heterocycles. The molecule has 0 aliphatic rings. The van der Waals surface area contributed by atoms with E-state index >= 15 is 0 Å². The molecule has 0 amide bonds. The molecule has 6 heteroatoms. The van der Waals surface area contributed by atoms with E-state index < -0.39 is 5.97 Å². The van der Waals surface area contributed by atoms with Gasteiger partial charge >= 0.3 is 5.97 Å². The largest absolute Gasteiger partial charge is 0.478 e. The van der Waals surface area contributed by atoms with Crippen molar-refractivity contribution in [3.63, 3.8) is 0 Å². The van der Waals surface area contributed by atoms with Gasteiger partial charge in [-0.1, -0.05) is 0 Å². The van der Waals surface area contributed by atoms with Crippen LogP contribution in [0.2, 0.25) is 0 Å². The summed E-state index contributed by atoms with van der Waals surface area (Å²) in [4.78, 5) is 18.5. The number of pyridine rings is 2. The zero-order valence-electron chi connectivity index (χ0n) is 8.50. The summed E-state index contributed by atoms with van der Waals surface area (Å²) < 4.78 is 6.20. The highest BCUT2D eigenvalue weighted by atomic mass is 79.9. The van der Waals surface area contributed by atoms with Crippen LogP contribution in [0.25, 0.3) is 0 Å². The van der Waals surface area contributed by atoms with Gasteiger partial charge < -0.3 is 9.84 Å². The fourth-order valence-corrected chi connectivity index (χ4v) is 1.37. The third-order valence-electron chi connectivity index (χ3n) is 1.88. The summed E-state index contributed by atoms with van der Waals surface area (Å²) in [6.45, 7) is 0. The third-order valence-corrected chi connectivity index (χ3v) is 2.35. The van der Waals surface area contributed by atoms with E-state index in [1.54, 1.807) is 18.3 Å². The summed E-state index contributed by atoms with van der Waals surface area (Å²) in [7, 11) is 0. The van der Waals surface area contributed by atoms with Crippen molar-refractivity contribution in [2.75, 3.05) is 0 Å². The van der Waals surface area contributed by atoms with Crippen molar-refractivity contribution >= 4 is 21.9 Å². The number of ether oxygens (including phenoxy) is 1. The summed E-state index contributed by atoms with van der Waals surface area (Å²) in [6.07, 6.45) is 4.27. The Labute approximate surface area is 105 Å². The fourth-order valence-electron chi connectivity index (χ4n) is 1.13. The van der Waals surface area contributed by atoms with E-state index in [2.05, 4.69) is 25.9 Å². The van der Waals surface area contributed by atoms with E-state index in [0.717, 1.165) is 4.47 Å². The molecule has 86 valence electrons. The van der Waals surface area contributed by atoms with Crippen LogP contribution < -0.4 is 4.74 Å². The highest BCUT2D eigenvalue weighted by molar-refractivity contribution is 9.10. The molecular formula is C11H7BrN2O3. The van der Waals surface area contributed by atoms with Crippen LogP contribution in [0.4, 0.5) is 0 Å². The molecule has 0 atom stereocenters. The second-order valence-corrected chi connectivity index (χ2v) is 4.05. The lowest BCUT2D eigenvalue weighted by atomic mass is 10.3. The first-order chi connectivity index (χ1) is 8.15. The van der Waals surface area contributed by atoms with Crippen LogP contribution in [-0.2, 0) is 0 Å². The molecule has 17 heavy (non-hydrogen) atoms. The summed E-state index contributed by atoms with van der Waals surface area (Å²) in [5.74, 6) is -0.344. The van der Waals surface area contributed by atoms with Crippen molar-refractivity contribution in [1.29, 1.82) is 0 Å². The van der Waals surface area contributed by atoms with E-state index in [9.17, 15) is 4.79 Å². The molecule has 2 aromatic heterocycles. The molecule has 2 aromatic rings. The third kappa shape index (κ3) is 3.01. The van der Waals surface area contributed by atoms with Gasteiger partial charge in [0.05, 0.1) is 11.8 Å². The normalized spacial score (nSPS) is 9.94. The SMILES string of the molecule is O=C(O)c1cncc(Oc2ccc(Br)cn2)c1. The molecule has 0 radical (unpaired) electrons. The van der Waals surface area contributed by atoms with Gasteiger partial charge in [-0.3, -0.25) is 4.98 Å². The van der Waals surface area contributed by atoms with Gasteiger partial charge in [-0.25, -0.2) is 9.78 Å². The first-order valence-corrected chi connectivity index (χ1v) is 5.42. The number of hydrogen-bond donors (Lipinski definition) is 1. The number of halogens is 1. The van der Waals surface area contributed by atoms with Gasteiger partial charge in [-0.2, -0.15) is 0 Å². The minimum Gasteiger partial charge on any atom is -0.478 e. The van der Waals surface area contributed by atoms with Crippen LogP contribution >= 0.6 is 15.9 Å². The van der Waals surface area contributed by atoms with Gasteiger partial charge in [-0.15, -0.1) is 0 Å². The number of nitrogens with zero attached hydrogens (tertiary/aromatic N) is 2. The van der Waals surface area contributed by atoms with E-state index in [1.165, 1.54) is 18.5 Å². The van der Waals surface area contributed by atoms with E-state index in [4.69, 9.17) is 9.84 Å². The van der Waals surface area contributed by atoms with Crippen LogP contribution in [0, 0.1) is 0 Å². The first kappa shape index (κ1) is 11.5. The predicted octanol–water partition coefficient (Wildman–Crippen LogP) is 2.73. The lowest BCUT2D eigenvalue weighted by Gasteiger charge is -2.04. The van der Waals surface area contributed by atoms with E-state index in [-0.39, 0.29) is 5.56 Å². The maximum absolute atomic E-state index is 10.7. The standard InChI is InChI=1S/C11H7BrN2O3/c12-8-1-2-10(14-5-8)17-9-3-7(11(15)16)4-13-6-9/h1-6H,(H,15,16). The summed E-state index contributed by atoms with van der Waals surface area (Å²) in [5.41, 5.74) is 0.0691. The first-order valence-electron chi connectivity index (χ1n) is 4.63. The van der Waals surface area contributed by atoms with Crippen molar-refractivity contribution in [3.05, 3.63) is 46.8 Å². The molecule has 2 rings (SSSR count). The maximum atomic E-state index is 10.7. The Morgan fingerprint density at radius 2 is 2.12 bits per heavy atom. The van der Waals surface area contributed by atoms with Gasteiger partial charge in [0.15, 0.2) is 0 Å². The number of aromatic carboxylic acids is 1. The molecule has 0 bridgehead atoms. The van der Waals surface area contributed by atoms with E-state index in [1.807, 2.05) is 0 Å². The van der Waals surface area contributed by atoms with Gasteiger partial charge in [-0.05, 0) is 28.1 Å². The molecule has 0 fully saturated rings. The molecule has 1 N–H and O–H groups in total. The average molecular weight is 295 g/mol. The van der Waals surface area contributed by atoms with Crippen LogP contribution in [0.1, 0.15) is 10.4 Å². The number of hydrogen-bond acceptors (Lipinski definition) is 4. The number of carbonyl (C=O) groups is 1. The second-order valence-electron chi connectivity index (χ2n) is 3.13. The zero-order chi connectivity index (χ0) is 12.3. The van der Waals surface area contributed by atoms with Crippen molar-refractivity contribution in [2.45, 2.75) is 0 Å². The molecule has 0 unspecified atom stereocenters. The minimum absolute atomic E-state index is 0.0691. The van der Waals surface area contributed by atoms with Gasteiger partial charge in [0.1, 0.15) is 5.75 Å². The predicted molar refractivity (Wildman–Crippen MR) is 63.2 cm³/mol. The summed E-state index contributed by atoms with van der Waals surface area (Å²) in [5, 5.41) is 8.79. The Kier molecular flexibility index (Phi) is 3.34. The Bertz CT molecular complexity index is 543. The van der Waals surface area contributed by atoms with Gasteiger partial charge in [0.25, 0.3) is 0 Å². The number of carboxylic acid groups (broad SMARTS) is 1. The molecule has 0 aromatic carbocycles. The lowest BCUT2D eigenvalue weighted by molar-refractivity contribution is 0.0696. The highest BCUT2D eigenvalue weighted by Gasteiger charge is 2.06. The smallest absolute Gasteiger partial charge is 0.337 e. The van der Waals surface area contributed by atoms with Gasteiger partial charge in [0, 0.05) is 22.9 Å². The minimum atomic E-state index is -1.05. The van der Waals surface area contributed by atoms with Crippen LogP contribution in [0.15, 0.2) is 41.3 Å². The number of aromatic nitrogens is 2. The lowest BCUT2D eigenvalue weighted by Crippen LogP contribution is -1.97. The fraction of sp³-hybridized carbons (Fsp3) is 0. The van der Waals surface area contributed by atoms with Crippen LogP contribution in [-0.4, -0.2) is 21.0 Å². The second kappa shape index (κ2) is 4.92. The monoisotopic (exact) mass is 294 g/mol. The highest BCUT2D eigenvalue weighted by Crippen LogP contribution is 2.20. The molecule has 0 aliphatic heterocycles. The Hall–Kier alpha value is -1.95. The van der Waals surface area contributed by atoms with Crippen molar-refractivity contribution in [1.82, 2.24) is 9.97 Å². The zero-order valence-corrected chi connectivity index (χ0v) is 10.1. The van der Waals surface area contributed by atoms with Crippen molar-refractivity contribution < 1.29 is 14.6 Å². The number of rotatable bonds is 3. The van der Waals surface area contributed by atoms with E-state index in [0.29, 0.717) is 11.6 Å². The molecule has 0 aliphatic carbocycles. The Balaban J connectivity index is 2.21. The Morgan fingerprint density at radius 1 is 1.29 bits per heavy atom. The molecular weight excluding hydrogens is 288 g/mol. The Morgan fingerprint density at radius 3 is 2.76 bits per heavy atom. The maximum Gasteiger partial charge on any atom is 0.337 e. The molecule has 0 spiro atoms. The van der Waals surface area contributed by atoms with Gasteiger partial charge in [0.2, 0.25) is 5.88 Å². The van der Waals surface area contributed by atoms with Crippen molar-refractivity contribution in [2.24, 2.45) is 0 Å². The summed E-state index contributed by atoms with van der Waals surface area (Å²) in [6, 6.07) is 4.83. The van der Waals surface area contributed by atoms with Crippen LogP contribution in [0.3, 0.4) is 0 Å².